The van der Waals surface area contributed by atoms with E-state index < -0.39 is 5.97 Å². The van der Waals surface area contributed by atoms with Crippen LogP contribution in [0.2, 0.25) is 0 Å². The lowest BCUT2D eigenvalue weighted by Crippen LogP contribution is -2.42. The van der Waals surface area contributed by atoms with Gasteiger partial charge in [-0.2, -0.15) is 0 Å². The molecule has 1 unspecified atom stereocenters. The highest BCUT2D eigenvalue weighted by atomic mass is 16.4. The zero-order valence-corrected chi connectivity index (χ0v) is 10.2. The molecule has 1 aliphatic rings. The van der Waals surface area contributed by atoms with Gasteiger partial charge in [-0.3, -0.25) is 0 Å². The summed E-state index contributed by atoms with van der Waals surface area (Å²) in [4.78, 5) is 13.1. The largest absolute Gasteiger partial charge is 0.478 e. The highest BCUT2D eigenvalue weighted by Crippen LogP contribution is 2.31. The molecule has 1 aromatic carbocycles. The maximum atomic E-state index is 11.1. The zero-order chi connectivity index (χ0) is 13.1. The molecule has 0 aliphatic carbocycles. The molecule has 1 heterocycles. The Balaban J connectivity index is 2.37. The van der Waals surface area contributed by atoms with Crippen LogP contribution >= 0.6 is 0 Å². The topological polar surface area (TPSA) is 86.8 Å². The number of benzene rings is 1. The number of rotatable bonds is 3. The molecule has 0 aromatic heterocycles. The molecule has 0 amide bonds. The minimum atomic E-state index is -1.02. The summed E-state index contributed by atoms with van der Waals surface area (Å²) in [5.41, 5.74) is 7.05. The Morgan fingerprint density at radius 3 is 2.89 bits per heavy atom. The van der Waals surface area contributed by atoms with Crippen LogP contribution in [0, 0.1) is 0 Å². The van der Waals surface area contributed by atoms with Crippen LogP contribution in [0.15, 0.2) is 18.2 Å². The summed E-state index contributed by atoms with van der Waals surface area (Å²) in [6.45, 7) is 0.870. The van der Waals surface area contributed by atoms with Crippen molar-refractivity contribution in [2.24, 2.45) is 0 Å². The summed E-state index contributed by atoms with van der Waals surface area (Å²) in [5.74, 6) is -1.02. The number of hydrogen-bond acceptors (Lipinski definition) is 4. The summed E-state index contributed by atoms with van der Waals surface area (Å²) >= 11 is 0. The van der Waals surface area contributed by atoms with E-state index in [1.165, 1.54) is 6.07 Å². The molecule has 1 aromatic rings. The molecule has 2 rings (SSSR count). The molecule has 1 fully saturated rings. The van der Waals surface area contributed by atoms with E-state index >= 15 is 0 Å². The third-order valence-corrected chi connectivity index (χ3v) is 3.46. The van der Waals surface area contributed by atoms with Crippen LogP contribution in [0.1, 0.15) is 29.6 Å². The number of nitrogens with zero attached hydrogens (tertiary/aromatic N) is 1. The zero-order valence-electron chi connectivity index (χ0n) is 10.2. The minimum absolute atomic E-state index is 0.0325. The number of aliphatic hydroxyl groups is 1. The maximum absolute atomic E-state index is 11.1. The monoisotopic (exact) mass is 250 g/mol. The van der Waals surface area contributed by atoms with Crippen molar-refractivity contribution in [1.82, 2.24) is 0 Å². The number of carbonyl (C=O) groups is 1. The third-order valence-electron chi connectivity index (χ3n) is 3.46. The first-order valence-electron chi connectivity index (χ1n) is 6.14. The van der Waals surface area contributed by atoms with Crippen LogP contribution in [-0.2, 0) is 0 Å². The lowest BCUT2D eigenvalue weighted by atomic mass is 10.0. The molecule has 0 saturated carbocycles. The fourth-order valence-electron chi connectivity index (χ4n) is 2.50. The molecule has 5 heteroatoms. The van der Waals surface area contributed by atoms with Gasteiger partial charge in [0.15, 0.2) is 0 Å². The van der Waals surface area contributed by atoms with Gasteiger partial charge in [0.1, 0.15) is 0 Å². The molecule has 4 N–H and O–H groups in total. The Bertz CT molecular complexity index is 448. The number of carboxylic acids is 1. The van der Waals surface area contributed by atoms with E-state index in [0.717, 1.165) is 25.8 Å². The van der Waals surface area contributed by atoms with Crippen molar-refractivity contribution in [3.8, 4) is 0 Å². The molecule has 1 atom stereocenters. The van der Waals surface area contributed by atoms with Crippen LogP contribution < -0.4 is 10.6 Å². The van der Waals surface area contributed by atoms with E-state index in [1.54, 1.807) is 6.07 Å². The lowest BCUT2D eigenvalue weighted by molar-refractivity contribution is 0.0698. The summed E-state index contributed by atoms with van der Waals surface area (Å²) < 4.78 is 0. The molecular weight excluding hydrogens is 232 g/mol. The average Bonchev–Trinajstić information content (AvgIpc) is 2.38. The van der Waals surface area contributed by atoms with Gasteiger partial charge in [-0.05, 0) is 31.4 Å². The van der Waals surface area contributed by atoms with Gasteiger partial charge in [0, 0.05) is 6.54 Å². The predicted molar refractivity (Wildman–Crippen MR) is 69.9 cm³/mol. The molecule has 0 spiro atoms. The summed E-state index contributed by atoms with van der Waals surface area (Å²) in [6.07, 6.45) is 3.03. The predicted octanol–water partition coefficient (Wildman–Crippen LogP) is 1.32. The number of aromatic carboxylic acids is 1. The van der Waals surface area contributed by atoms with Crippen molar-refractivity contribution in [2.75, 3.05) is 23.8 Å². The third kappa shape index (κ3) is 2.26. The lowest BCUT2D eigenvalue weighted by Gasteiger charge is -2.37. The highest BCUT2D eigenvalue weighted by Gasteiger charge is 2.24. The van der Waals surface area contributed by atoms with E-state index in [0.29, 0.717) is 5.69 Å². The van der Waals surface area contributed by atoms with Gasteiger partial charge in [-0.15, -0.1) is 0 Å². The van der Waals surface area contributed by atoms with Crippen LogP contribution in [0.5, 0.6) is 0 Å². The van der Waals surface area contributed by atoms with Crippen LogP contribution in [0.4, 0.5) is 11.4 Å². The second kappa shape index (κ2) is 5.27. The molecule has 5 nitrogen and oxygen atoms in total. The average molecular weight is 250 g/mol. The number of aliphatic hydroxyl groups excluding tert-OH is 1. The first-order chi connectivity index (χ1) is 8.65. The van der Waals surface area contributed by atoms with E-state index in [-0.39, 0.29) is 23.9 Å². The quantitative estimate of drug-likeness (QED) is 0.704. The molecular formula is C13H18N2O3. The van der Waals surface area contributed by atoms with E-state index in [4.69, 9.17) is 10.8 Å². The van der Waals surface area contributed by atoms with Crippen molar-refractivity contribution in [2.45, 2.75) is 25.3 Å². The van der Waals surface area contributed by atoms with Crippen molar-refractivity contribution in [1.29, 1.82) is 0 Å². The SMILES string of the molecule is Nc1c(C(=O)O)cccc1N1CCCCC1CO. The molecule has 1 aliphatic heterocycles. The maximum Gasteiger partial charge on any atom is 0.337 e. The Kier molecular flexibility index (Phi) is 3.72. The molecule has 0 bridgehead atoms. The fourth-order valence-corrected chi connectivity index (χ4v) is 2.50. The number of carboxylic acid groups (broad SMARTS) is 1. The van der Waals surface area contributed by atoms with E-state index in [1.807, 2.05) is 11.0 Å². The van der Waals surface area contributed by atoms with Gasteiger partial charge in [0.05, 0.1) is 29.6 Å². The Morgan fingerprint density at radius 2 is 2.22 bits per heavy atom. The van der Waals surface area contributed by atoms with E-state index in [2.05, 4.69) is 0 Å². The van der Waals surface area contributed by atoms with Crippen molar-refractivity contribution >= 4 is 17.3 Å². The van der Waals surface area contributed by atoms with Gasteiger partial charge in [-0.25, -0.2) is 4.79 Å². The second-order valence-corrected chi connectivity index (χ2v) is 4.57. The normalized spacial score (nSPS) is 19.8. The van der Waals surface area contributed by atoms with Crippen molar-refractivity contribution in [3.05, 3.63) is 23.8 Å². The molecule has 0 radical (unpaired) electrons. The Morgan fingerprint density at radius 1 is 1.44 bits per heavy atom. The fraction of sp³-hybridized carbons (Fsp3) is 0.462. The van der Waals surface area contributed by atoms with Gasteiger partial charge < -0.3 is 20.8 Å². The Hall–Kier alpha value is -1.75. The van der Waals surface area contributed by atoms with Gasteiger partial charge in [-0.1, -0.05) is 6.07 Å². The number of piperidine rings is 1. The highest BCUT2D eigenvalue weighted by molar-refractivity contribution is 5.97. The second-order valence-electron chi connectivity index (χ2n) is 4.57. The number of nitrogens with two attached hydrogens (primary N) is 1. The summed E-state index contributed by atoms with van der Waals surface area (Å²) in [7, 11) is 0. The number of nitrogen functional groups attached to an aromatic ring is 1. The molecule has 1 saturated heterocycles. The van der Waals surface area contributed by atoms with Crippen molar-refractivity contribution in [3.63, 3.8) is 0 Å². The van der Waals surface area contributed by atoms with Gasteiger partial charge in [0.2, 0.25) is 0 Å². The van der Waals surface area contributed by atoms with Gasteiger partial charge >= 0.3 is 5.97 Å². The first-order valence-corrected chi connectivity index (χ1v) is 6.14. The number of hydrogen-bond donors (Lipinski definition) is 3. The molecule has 18 heavy (non-hydrogen) atoms. The van der Waals surface area contributed by atoms with Crippen LogP contribution in [0.3, 0.4) is 0 Å². The van der Waals surface area contributed by atoms with Crippen LogP contribution in [0.25, 0.3) is 0 Å². The van der Waals surface area contributed by atoms with Gasteiger partial charge in [0.25, 0.3) is 0 Å². The van der Waals surface area contributed by atoms with Crippen LogP contribution in [-0.4, -0.2) is 35.4 Å². The van der Waals surface area contributed by atoms with E-state index in [9.17, 15) is 9.90 Å². The summed E-state index contributed by atoms with van der Waals surface area (Å²) in [6, 6.07) is 5.04. The standard InChI is InChI=1S/C13H18N2O3/c14-12-10(13(17)18)5-3-6-11(12)15-7-2-1-4-9(15)8-16/h3,5-6,9,16H,1-2,4,7-8,14H2,(H,17,18). The minimum Gasteiger partial charge on any atom is -0.478 e. The smallest absolute Gasteiger partial charge is 0.337 e. The number of anilines is 2. The number of para-hydroxylation sites is 1. The summed E-state index contributed by atoms with van der Waals surface area (Å²) in [5, 5.41) is 18.5. The first kappa shape index (κ1) is 12.7. The Labute approximate surface area is 106 Å². The molecule has 98 valence electrons. The van der Waals surface area contributed by atoms with Crippen molar-refractivity contribution < 1.29 is 15.0 Å².